The molecule has 4 heteroatoms. The van der Waals surface area contributed by atoms with E-state index in [-0.39, 0.29) is 17.9 Å². The van der Waals surface area contributed by atoms with Gasteiger partial charge < -0.3 is 5.73 Å². The van der Waals surface area contributed by atoms with Crippen LogP contribution in [-0.4, -0.2) is 22.8 Å². The summed E-state index contributed by atoms with van der Waals surface area (Å²) in [4.78, 5) is 26.8. The monoisotopic (exact) mass is 286 g/mol. The quantitative estimate of drug-likeness (QED) is 0.685. The lowest BCUT2D eigenvalue weighted by Gasteiger charge is -2.34. The molecule has 1 aromatic rings. The van der Waals surface area contributed by atoms with Crippen molar-refractivity contribution in [1.29, 1.82) is 0 Å². The lowest BCUT2D eigenvalue weighted by molar-refractivity contribution is 0.0491. The van der Waals surface area contributed by atoms with E-state index in [0.717, 1.165) is 19.3 Å². The van der Waals surface area contributed by atoms with E-state index in [1.54, 1.807) is 18.2 Å². The Bertz CT molecular complexity index is 576. The minimum atomic E-state index is -0.167. The number of imide groups is 1. The average Bonchev–Trinajstić information content (AvgIpc) is 2.74. The lowest BCUT2D eigenvalue weighted by Crippen LogP contribution is -2.44. The minimum absolute atomic E-state index is 0.0268. The summed E-state index contributed by atoms with van der Waals surface area (Å²) < 4.78 is 0. The van der Waals surface area contributed by atoms with Crippen LogP contribution < -0.4 is 5.73 Å². The van der Waals surface area contributed by atoms with Gasteiger partial charge in [0, 0.05) is 11.7 Å². The summed E-state index contributed by atoms with van der Waals surface area (Å²) in [5.41, 5.74) is 7.25. The number of hydrogen-bond donors (Lipinski definition) is 1. The fourth-order valence-corrected chi connectivity index (χ4v) is 3.82. The van der Waals surface area contributed by atoms with Crippen LogP contribution in [0.1, 0.15) is 66.2 Å². The maximum Gasteiger partial charge on any atom is 0.261 e. The van der Waals surface area contributed by atoms with E-state index in [1.165, 1.54) is 24.2 Å². The Morgan fingerprint density at radius 1 is 1.14 bits per heavy atom. The van der Waals surface area contributed by atoms with E-state index in [4.69, 9.17) is 5.73 Å². The Morgan fingerprint density at radius 2 is 1.81 bits per heavy atom. The molecule has 0 spiro atoms. The summed E-state index contributed by atoms with van der Waals surface area (Å²) in [5, 5.41) is 0. The van der Waals surface area contributed by atoms with E-state index in [2.05, 4.69) is 6.92 Å². The highest BCUT2D eigenvalue weighted by atomic mass is 16.2. The molecule has 2 aliphatic rings. The largest absolute Gasteiger partial charge is 0.399 e. The zero-order valence-corrected chi connectivity index (χ0v) is 12.5. The molecule has 0 saturated heterocycles. The van der Waals surface area contributed by atoms with Gasteiger partial charge in [0.1, 0.15) is 0 Å². The van der Waals surface area contributed by atoms with E-state index < -0.39 is 0 Å². The van der Waals surface area contributed by atoms with E-state index >= 15 is 0 Å². The third kappa shape index (κ3) is 2.33. The molecule has 1 unspecified atom stereocenters. The molecule has 1 fully saturated rings. The van der Waals surface area contributed by atoms with Gasteiger partial charge in [-0.15, -0.1) is 0 Å². The first-order valence-corrected chi connectivity index (χ1v) is 7.91. The van der Waals surface area contributed by atoms with Gasteiger partial charge in [-0.3, -0.25) is 14.5 Å². The number of nitrogens with two attached hydrogens (primary N) is 1. The number of nitrogen functional groups attached to an aromatic ring is 1. The highest BCUT2D eigenvalue weighted by molar-refractivity contribution is 6.21. The molecule has 4 nitrogen and oxygen atoms in total. The average molecular weight is 286 g/mol. The molecule has 0 aromatic heterocycles. The lowest BCUT2D eigenvalue weighted by atomic mass is 9.82. The SMILES string of the molecule is CCC(C1CCCCC1)N1C(=O)c2ccc(N)cc2C1=O. The first-order chi connectivity index (χ1) is 10.1. The number of benzene rings is 1. The third-order valence-corrected chi connectivity index (χ3v) is 4.89. The minimum Gasteiger partial charge on any atom is -0.399 e. The van der Waals surface area contributed by atoms with Gasteiger partial charge in [0.2, 0.25) is 0 Å². The molecule has 2 amide bonds. The summed E-state index contributed by atoms with van der Waals surface area (Å²) in [6.45, 7) is 2.07. The van der Waals surface area contributed by atoms with Crippen molar-refractivity contribution in [3.63, 3.8) is 0 Å². The van der Waals surface area contributed by atoms with E-state index in [0.29, 0.717) is 22.7 Å². The van der Waals surface area contributed by atoms with Crippen LogP contribution in [0.2, 0.25) is 0 Å². The molecule has 21 heavy (non-hydrogen) atoms. The molecule has 1 aliphatic heterocycles. The van der Waals surface area contributed by atoms with Crippen molar-refractivity contribution in [2.24, 2.45) is 5.92 Å². The van der Waals surface area contributed by atoms with Crippen LogP contribution in [0.25, 0.3) is 0 Å². The summed E-state index contributed by atoms with van der Waals surface area (Å²) in [6.07, 6.45) is 6.74. The van der Waals surface area contributed by atoms with Crippen LogP contribution in [0.4, 0.5) is 5.69 Å². The fraction of sp³-hybridized carbons (Fsp3) is 0.529. The van der Waals surface area contributed by atoms with E-state index in [1.807, 2.05) is 0 Å². The molecule has 112 valence electrons. The van der Waals surface area contributed by atoms with Crippen molar-refractivity contribution >= 4 is 17.5 Å². The van der Waals surface area contributed by atoms with E-state index in [9.17, 15) is 9.59 Å². The maximum absolute atomic E-state index is 12.7. The standard InChI is InChI=1S/C17H22N2O2/c1-2-15(11-6-4-3-5-7-11)19-16(20)13-9-8-12(18)10-14(13)17(19)21/h8-11,15H,2-7,18H2,1H3. The number of hydrogen-bond acceptors (Lipinski definition) is 3. The van der Waals surface area contributed by atoms with Gasteiger partial charge in [0.05, 0.1) is 11.1 Å². The predicted octanol–water partition coefficient (Wildman–Crippen LogP) is 3.22. The van der Waals surface area contributed by atoms with Crippen LogP contribution in [0.5, 0.6) is 0 Å². The zero-order valence-electron chi connectivity index (χ0n) is 12.5. The van der Waals surface area contributed by atoms with Gasteiger partial charge in [-0.25, -0.2) is 0 Å². The van der Waals surface area contributed by atoms with Crippen LogP contribution in [-0.2, 0) is 0 Å². The van der Waals surface area contributed by atoms with Crippen LogP contribution >= 0.6 is 0 Å². The highest BCUT2D eigenvalue weighted by Gasteiger charge is 2.42. The number of nitrogens with zero attached hydrogens (tertiary/aromatic N) is 1. The maximum atomic E-state index is 12.7. The Labute approximate surface area is 125 Å². The summed E-state index contributed by atoms with van der Waals surface area (Å²) in [7, 11) is 0. The number of anilines is 1. The second-order valence-corrected chi connectivity index (χ2v) is 6.16. The van der Waals surface area contributed by atoms with Crippen molar-refractivity contribution < 1.29 is 9.59 Å². The second-order valence-electron chi connectivity index (χ2n) is 6.16. The van der Waals surface area contributed by atoms with Crippen molar-refractivity contribution in [3.8, 4) is 0 Å². The first-order valence-electron chi connectivity index (χ1n) is 7.91. The summed E-state index contributed by atoms with van der Waals surface area (Å²) >= 11 is 0. The Morgan fingerprint density at radius 3 is 2.48 bits per heavy atom. The smallest absolute Gasteiger partial charge is 0.261 e. The fourth-order valence-electron chi connectivity index (χ4n) is 3.82. The normalized spacial score (nSPS) is 20.7. The number of carbonyl (C=O) groups excluding carboxylic acids is 2. The van der Waals surface area contributed by atoms with Gasteiger partial charge in [0.25, 0.3) is 11.8 Å². The molecule has 1 aliphatic carbocycles. The van der Waals surface area contributed by atoms with Crippen molar-refractivity contribution in [3.05, 3.63) is 29.3 Å². The predicted molar refractivity (Wildman–Crippen MR) is 82.0 cm³/mol. The van der Waals surface area contributed by atoms with Crippen LogP contribution in [0.15, 0.2) is 18.2 Å². The van der Waals surface area contributed by atoms with Gasteiger partial charge in [0.15, 0.2) is 0 Å². The Hall–Kier alpha value is -1.84. The first kappa shape index (κ1) is 14.1. The number of rotatable bonds is 3. The highest BCUT2D eigenvalue weighted by Crippen LogP contribution is 2.35. The molecule has 2 N–H and O–H groups in total. The van der Waals surface area contributed by atoms with Crippen molar-refractivity contribution in [1.82, 2.24) is 4.90 Å². The molecule has 0 radical (unpaired) electrons. The second kappa shape index (κ2) is 5.51. The summed E-state index contributed by atoms with van der Waals surface area (Å²) in [6, 6.07) is 5.02. The number of carbonyl (C=O) groups is 2. The van der Waals surface area contributed by atoms with Crippen molar-refractivity contribution in [2.45, 2.75) is 51.5 Å². The number of fused-ring (bicyclic) bond motifs is 1. The van der Waals surface area contributed by atoms with Crippen molar-refractivity contribution in [2.75, 3.05) is 5.73 Å². The molecule has 1 atom stereocenters. The molecular weight excluding hydrogens is 264 g/mol. The molecule has 1 aromatic carbocycles. The summed E-state index contributed by atoms with van der Waals surface area (Å²) in [5.74, 6) is 0.135. The van der Waals surface area contributed by atoms with Gasteiger partial charge in [-0.1, -0.05) is 26.2 Å². The van der Waals surface area contributed by atoms with Gasteiger partial charge in [-0.2, -0.15) is 0 Å². The number of amides is 2. The molecule has 1 saturated carbocycles. The van der Waals surface area contributed by atoms with Crippen LogP contribution in [0, 0.1) is 5.92 Å². The zero-order chi connectivity index (χ0) is 15.0. The molecule has 1 heterocycles. The van der Waals surface area contributed by atoms with Gasteiger partial charge >= 0.3 is 0 Å². The Balaban J connectivity index is 1.92. The molecular formula is C17H22N2O2. The molecule has 3 rings (SSSR count). The Kier molecular flexibility index (Phi) is 3.70. The van der Waals surface area contributed by atoms with Gasteiger partial charge in [-0.05, 0) is 43.4 Å². The molecule has 0 bridgehead atoms. The third-order valence-electron chi connectivity index (χ3n) is 4.89. The van der Waals surface area contributed by atoms with Crippen LogP contribution in [0.3, 0.4) is 0 Å². The topological polar surface area (TPSA) is 63.4 Å².